The first kappa shape index (κ1) is 27.5. The first-order valence-corrected chi connectivity index (χ1v) is 14.5. The Balaban J connectivity index is 1.10. The fraction of sp³-hybridized carbons (Fsp3) is 0.265. The van der Waals surface area contributed by atoms with Crippen LogP contribution in [0.25, 0.3) is 22.5 Å². The standard InChI is InChI=1S/C34H35N5O3/c35-29-21-26(11-12-32(29)40)33(41)38-15-13-28(14-16-38)37-17-19-39(20-18-37)34(42)27-22-30(24-7-3-1-4-8-24)36-31(23-27)25-9-5-2-6-10-25/h1-12,21-23,28,40H,13-20,35H2. The highest BCUT2D eigenvalue weighted by molar-refractivity contribution is 5.97. The number of amides is 2. The number of likely N-dealkylation sites (tertiary alicyclic amines) is 1. The number of anilines is 1. The molecule has 0 spiro atoms. The van der Waals surface area contributed by atoms with Crippen molar-refractivity contribution in [2.75, 3.05) is 45.0 Å². The smallest absolute Gasteiger partial charge is 0.254 e. The number of aromatic nitrogens is 1. The van der Waals surface area contributed by atoms with Gasteiger partial charge in [0.2, 0.25) is 0 Å². The van der Waals surface area contributed by atoms with Gasteiger partial charge in [-0.2, -0.15) is 0 Å². The number of phenolic OH excluding ortho intramolecular Hbond substituents is 1. The summed E-state index contributed by atoms with van der Waals surface area (Å²) in [6.07, 6.45) is 1.77. The molecule has 0 atom stereocenters. The Kier molecular flexibility index (Phi) is 7.88. The predicted molar refractivity (Wildman–Crippen MR) is 164 cm³/mol. The Hall–Kier alpha value is -4.69. The van der Waals surface area contributed by atoms with Crippen LogP contribution < -0.4 is 5.73 Å². The van der Waals surface area contributed by atoms with Crippen LogP contribution in [0.1, 0.15) is 33.6 Å². The van der Waals surface area contributed by atoms with Crippen LogP contribution in [0.2, 0.25) is 0 Å². The quantitative estimate of drug-likeness (QED) is 0.269. The van der Waals surface area contributed by atoms with E-state index in [2.05, 4.69) is 4.90 Å². The minimum atomic E-state index is -0.0577. The first-order valence-electron chi connectivity index (χ1n) is 14.5. The number of carbonyl (C=O) groups is 2. The van der Waals surface area contributed by atoms with Crippen LogP contribution in [0, 0.1) is 0 Å². The van der Waals surface area contributed by atoms with Crippen molar-refractivity contribution in [2.24, 2.45) is 0 Å². The van der Waals surface area contributed by atoms with Crippen molar-refractivity contribution in [3.05, 3.63) is 102 Å². The number of aromatic hydroxyl groups is 1. The van der Waals surface area contributed by atoms with Crippen molar-refractivity contribution >= 4 is 17.5 Å². The second-order valence-corrected chi connectivity index (χ2v) is 11.0. The molecule has 0 radical (unpaired) electrons. The highest BCUT2D eigenvalue weighted by atomic mass is 16.3. The van der Waals surface area contributed by atoms with Gasteiger partial charge in [0.1, 0.15) is 5.75 Å². The van der Waals surface area contributed by atoms with Crippen LogP contribution in [0.5, 0.6) is 5.75 Å². The number of piperazine rings is 1. The highest BCUT2D eigenvalue weighted by Crippen LogP contribution is 2.27. The minimum Gasteiger partial charge on any atom is -0.506 e. The molecule has 6 rings (SSSR count). The summed E-state index contributed by atoms with van der Waals surface area (Å²) in [6, 6.07) is 28.8. The van der Waals surface area contributed by atoms with E-state index in [4.69, 9.17) is 10.7 Å². The lowest BCUT2D eigenvalue weighted by atomic mass is 10.0. The number of hydrogen-bond donors (Lipinski definition) is 2. The topological polar surface area (TPSA) is 103 Å². The summed E-state index contributed by atoms with van der Waals surface area (Å²) in [5, 5.41) is 9.67. The Morgan fingerprint density at radius 1 is 0.667 bits per heavy atom. The molecule has 42 heavy (non-hydrogen) atoms. The molecule has 0 unspecified atom stereocenters. The lowest BCUT2D eigenvalue weighted by Gasteiger charge is -2.42. The monoisotopic (exact) mass is 561 g/mol. The second kappa shape index (κ2) is 12.0. The zero-order valence-corrected chi connectivity index (χ0v) is 23.5. The third kappa shape index (κ3) is 5.85. The Bertz CT molecular complexity index is 1500. The second-order valence-electron chi connectivity index (χ2n) is 11.0. The molecule has 0 saturated carbocycles. The van der Waals surface area contributed by atoms with Gasteiger partial charge < -0.3 is 20.6 Å². The summed E-state index contributed by atoms with van der Waals surface area (Å²) in [7, 11) is 0. The lowest BCUT2D eigenvalue weighted by molar-refractivity contribution is 0.0412. The number of piperidine rings is 1. The molecule has 1 aromatic heterocycles. The number of benzene rings is 3. The third-order valence-electron chi connectivity index (χ3n) is 8.36. The maximum Gasteiger partial charge on any atom is 0.254 e. The van der Waals surface area contributed by atoms with E-state index in [1.165, 1.54) is 12.1 Å². The maximum atomic E-state index is 13.8. The van der Waals surface area contributed by atoms with E-state index >= 15 is 0 Å². The highest BCUT2D eigenvalue weighted by Gasteiger charge is 2.31. The fourth-order valence-corrected chi connectivity index (χ4v) is 5.94. The number of phenols is 1. The molecule has 3 aromatic carbocycles. The summed E-state index contributed by atoms with van der Waals surface area (Å²) >= 11 is 0. The van der Waals surface area contributed by atoms with Crippen molar-refractivity contribution < 1.29 is 14.7 Å². The molecular formula is C34H35N5O3. The van der Waals surface area contributed by atoms with Gasteiger partial charge in [0.15, 0.2) is 0 Å². The Labute approximate surface area is 246 Å². The summed E-state index contributed by atoms with van der Waals surface area (Å²) < 4.78 is 0. The molecule has 8 heteroatoms. The van der Waals surface area contributed by atoms with E-state index < -0.39 is 0 Å². The average molecular weight is 562 g/mol. The predicted octanol–water partition coefficient (Wildman–Crippen LogP) is 4.77. The van der Waals surface area contributed by atoms with E-state index in [-0.39, 0.29) is 23.3 Å². The summed E-state index contributed by atoms with van der Waals surface area (Å²) in [6.45, 7) is 4.28. The average Bonchev–Trinajstić information content (AvgIpc) is 3.06. The molecule has 0 bridgehead atoms. The Morgan fingerprint density at radius 2 is 1.19 bits per heavy atom. The van der Waals surface area contributed by atoms with Gasteiger partial charge in [0.25, 0.3) is 11.8 Å². The van der Waals surface area contributed by atoms with Crippen molar-refractivity contribution in [1.82, 2.24) is 19.7 Å². The normalized spacial score (nSPS) is 16.4. The molecule has 2 aliphatic heterocycles. The number of rotatable bonds is 5. The van der Waals surface area contributed by atoms with E-state index in [1.807, 2.05) is 82.6 Å². The zero-order chi connectivity index (χ0) is 29.1. The molecule has 214 valence electrons. The van der Waals surface area contributed by atoms with Crippen molar-refractivity contribution in [1.29, 1.82) is 0 Å². The van der Waals surface area contributed by atoms with Crippen molar-refractivity contribution in [3.63, 3.8) is 0 Å². The van der Waals surface area contributed by atoms with Crippen LogP contribution in [-0.2, 0) is 0 Å². The van der Waals surface area contributed by atoms with Gasteiger partial charge in [0.05, 0.1) is 17.1 Å². The van der Waals surface area contributed by atoms with Gasteiger partial charge in [-0.3, -0.25) is 14.5 Å². The van der Waals surface area contributed by atoms with E-state index in [9.17, 15) is 14.7 Å². The summed E-state index contributed by atoms with van der Waals surface area (Å²) in [4.78, 5) is 37.9. The summed E-state index contributed by atoms with van der Waals surface area (Å²) in [5.74, 6) is -0.0438. The largest absolute Gasteiger partial charge is 0.506 e. The van der Waals surface area contributed by atoms with Crippen LogP contribution in [0.3, 0.4) is 0 Å². The fourth-order valence-electron chi connectivity index (χ4n) is 5.94. The van der Waals surface area contributed by atoms with E-state index in [0.717, 1.165) is 48.4 Å². The van der Waals surface area contributed by atoms with Gasteiger partial charge in [-0.05, 0) is 43.2 Å². The van der Waals surface area contributed by atoms with Gasteiger partial charge >= 0.3 is 0 Å². The van der Waals surface area contributed by atoms with Crippen LogP contribution in [0.4, 0.5) is 5.69 Å². The maximum absolute atomic E-state index is 13.8. The SMILES string of the molecule is Nc1cc(C(=O)N2CCC(N3CCN(C(=O)c4cc(-c5ccccc5)nc(-c5ccccc5)c4)CC3)CC2)ccc1O. The van der Waals surface area contributed by atoms with Crippen LogP contribution in [0.15, 0.2) is 91.0 Å². The minimum absolute atomic E-state index is 0.0138. The number of carbonyl (C=O) groups excluding carboxylic acids is 2. The van der Waals surface area contributed by atoms with Crippen LogP contribution >= 0.6 is 0 Å². The Morgan fingerprint density at radius 3 is 1.74 bits per heavy atom. The molecule has 3 heterocycles. The number of nitrogen functional groups attached to an aromatic ring is 1. The molecule has 8 nitrogen and oxygen atoms in total. The third-order valence-corrected chi connectivity index (χ3v) is 8.36. The first-order chi connectivity index (χ1) is 20.5. The number of nitrogens with zero attached hydrogens (tertiary/aromatic N) is 4. The zero-order valence-electron chi connectivity index (χ0n) is 23.5. The molecular weight excluding hydrogens is 526 g/mol. The summed E-state index contributed by atoms with van der Waals surface area (Å²) in [5.41, 5.74) is 10.7. The number of nitrogens with two attached hydrogens (primary N) is 1. The number of hydrogen-bond acceptors (Lipinski definition) is 6. The number of pyridine rings is 1. The van der Waals surface area contributed by atoms with Gasteiger partial charge in [-0.15, -0.1) is 0 Å². The van der Waals surface area contributed by atoms with Gasteiger partial charge in [-0.25, -0.2) is 4.98 Å². The molecule has 4 aromatic rings. The lowest BCUT2D eigenvalue weighted by Crippen LogP contribution is -2.54. The van der Waals surface area contributed by atoms with Gasteiger partial charge in [0, 0.05) is 67.6 Å². The van der Waals surface area contributed by atoms with Crippen molar-refractivity contribution in [2.45, 2.75) is 18.9 Å². The molecule has 0 aliphatic carbocycles. The molecule has 3 N–H and O–H groups in total. The molecule has 2 aliphatic rings. The van der Waals surface area contributed by atoms with E-state index in [1.54, 1.807) is 6.07 Å². The van der Waals surface area contributed by atoms with E-state index in [0.29, 0.717) is 43.3 Å². The molecule has 2 fully saturated rings. The van der Waals surface area contributed by atoms with Gasteiger partial charge in [-0.1, -0.05) is 60.7 Å². The van der Waals surface area contributed by atoms with Crippen LogP contribution in [-0.4, -0.2) is 81.9 Å². The molecule has 2 saturated heterocycles. The molecule has 2 amide bonds. The van der Waals surface area contributed by atoms with Crippen molar-refractivity contribution in [3.8, 4) is 28.3 Å².